The average Bonchev–Trinajstić information content (AvgIpc) is 2.75. The van der Waals surface area contributed by atoms with Crippen LogP contribution in [-0.2, 0) is 6.42 Å². The van der Waals surface area contributed by atoms with Crippen LogP contribution in [0, 0.1) is 0 Å². The van der Waals surface area contributed by atoms with Gasteiger partial charge in [0.15, 0.2) is 23.7 Å². The zero-order valence-corrected chi connectivity index (χ0v) is 19.3. The standard InChI is InChI=1S/C26H30O7/c1-14(2)6-5-7-15(3)8-10-17-18(27)13-21-22(23(17)29)24(30)25(31)26(33-21)16-9-11-20(32-4)19(28)12-16/h6,8-9,11-13,25-29,31H,5,7,10H2,1-4H3/b15-8+/t25-,26-/m0/s1. The Morgan fingerprint density at radius 3 is 2.45 bits per heavy atom. The highest BCUT2D eigenvalue weighted by molar-refractivity contribution is 6.06. The van der Waals surface area contributed by atoms with Crippen LogP contribution in [-0.4, -0.2) is 39.4 Å². The van der Waals surface area contributed by atoms with Gasteiger partial charge in [-0.2, -0.15) is 0 Å². The number of aliphatic hydroxyl groups is 1. The molecule has 0 aromatic heterocycles. The van der Waals surface area contributed by atoms with Crippen LogP contribution in [0.3, 0.4) is 0 Å². The number of phenolic OH excluding ortho intramolecular Hbond substituents is 3. The van der Waals surface area contributed by atoms with Crippen LogP contribution in [0.15, 0.2) is 47.6 Å². The van der Waals surface area contributed by atoms with Crippen LogP contribution in [0.5, 0.6) is 28.7 Å². The number of phenols is 3. The first-order chi connectivity index (χ1) is 15.6. The first-order valence-corrected chi connectivity index (χ1v) is 10.8. The molecular weight excluding hydrogens is 424 g/mol. The molecule has 4 N–H and O–H groups in total. The van der Waals surface area contributed by atoms with Crippen molar-refractivity contribution >= 4 is 5.78 Å². The number of aliphatic hydroxyl groups excluding tert-OH is 1. The van der Waals surface area contributed by atoms with E-state index in [4.69, 9.17) is 9.47 Å². The zero-order chi connectivity index (χ0) is 24.3. The molecule has 0 unspecified atom stereocenters. The molecule has 0 fully saturated rings. The normalized spacial score (nSPS) is 17.8. The number of ether oxygens (including phenoxy) is 2. The summed E-state index contributed by atoms with van der Waals surface area (Å²) in [6, 6.07) is 5.66. The maximum atomic E-state index is 13.0. The highest BCUT2D eigenvalue weighted by atomic mass is 16.5. The molecule has 0 saturated heterocycles. The third-order valence-electron chi connectivity index (χ3n) is 5.68. The van der Waals surface area contributed by atoms with Crippen molar-refractivity contribution < 1.29 is 34.7 Å². The Hall–Kier alpha value is -3.45. The molecule has 0 amide bonds. The Kier molecular flexibility index (Phi) is 7.33. The summed E-state index contributed by atoms with van der Waals surface area (Å²) in [7, 11) is 1.41. The second-order valence-corrected chi connectivity index (χ2v) is 8.45. The first-order valence-electron chi connectivity index (χ1n) is 10.8. The van der Waals surface area contributed by atoms with Gasteiger partial charge in [-0.1, -0.05) is 29.4 Å². The van der Waals surface area contributed by atoms with Crippen molar-refractivity contribution in [1.29, 1.82) is 0 Å². The van der Waals surface area contributed by atoms with E-state index < -0.39 is 23.7 Å². The first kappa shape index (κ1) is 24.2. The van der Waals surface area contributed by atoms with E-state index in [9.17, 15) is 25.2 Å². The van der Waals surface area contributed by atoms with Gasteiger partial charge in [-0.25, -0.2) is 0 Å². The zero-order valence-electron chi connectivity index (χ0n) is 19.3. The second kappa shape index (κ2) is 10.0. The Morgan fingerprint density at radius 2 is 1.82 bits per heavy atom. The molecule has 2 aromatic rings. The van der Waals surface area contributed by atoms with Gasteiger partial charge in [0.2, 0.25) is 5.78 Å². The molecule has 0 saturated carbocycles. The third kappa shape index (κ3) is 5.14. The number of benzene rings is 2. The van der Waals surface area contributed by atoms with Crippen LogP contribution in [0.4, 0.5) is 0 Å². The number of hydrogen-bond acceptors (Lipinski definition) is 7. The second-order valence-electron chi connectivity index (χ2n) is 8.45. The number of fused-ring (bicyclic) bond motifs is 1. The lowest BCUT2D eigenvalue weighted by Crippen LogP contribution is -2.36. The Balaban J connectivity index is 1.89. The van der Waals surface area contributed by atoms with Crippen molar-refractivity contribution in [2.75, 3.05) is 7.11 Å². The Morgan fingerprint density at radius 1 is 1.09 bits per heavy atom. The summed E-state index contributed by atoms with van der Waals surface area (Å²) in [5.74, 6) is -1.30. The summed E-state index contributed by atoms with van der Waals surface area (Å²) < 4.78 is 10.8. The molecule has 1 heterocycles. The average molecular weight is 455 g/mol. The van der Waals surface area contributed by atoms with Crippen molar-refractivity contribution in [2.45, 2.75) is 52.2 Å². The maximum Gasteiger partial charge on any atom is 0.202 e. The molecular formula is C26H30O7. The number of methoxy groups -OCH3 is 1. The number of carbonyl (C=O) groups excluding carboxylic acids is 1. The topological polar surface area (TPSA) is 116 Å². The largest absolute Gasteiger partial charge is 0.507 e. The summed E-state index contributed by atoms with van der Waals surface area (Å²) in [6.07, 6.45) is 3.28. The number of rotatable bonds is 7. The number of Topliss-reactive ketones (excluding diaryl/α,β-unsaturated/α-hetero) is 1. The molecule has 2 atom stereocenters. The van der Waals surface area contributed by atoms with Gasteiger partial charge in [0.1, 0.15) is 22.8 Å². The fourth-order valence-corrected chi connectivity index (χ4v) is 3.79. The van der Waals surface area contributed by atoms with Crippen molar-refractivity contribution in [3.8, 4) is 28.7 Å². The molecule has 0 bridgehead atoms. The molecule has 0 spiro atoms. The summed E-state index contributed by atoms with van der Waals surface area (Å²) >= 11 is 0. The minimum Gasteiger partial charge on any atom is -0.507 e. The van der Waals surface area contributed by atoms with Crippen LogP contribution in [0.1, 0.15) is 61.2 Å². The van der Waals surface area contributed by atoms with E-state index in [1.807, 2.05) is 26.8 Å². The van der Waals surface area contributed by atoms with E-state index >= 15 is 0 Å². The Bertz CT molecular complexity index is 1110. The van der Waals surface area contributed by atoms with Crippen LogP contribution in [0.25, 0.3) is 0 Å². The number of carbonyl (C=O) groups is 1. The van der Waals surface area contributed by atoms with Gasteiger partial charge in [-0.15, -0.1) is 0 Å². The molecule has 2 aromatic carbocycles. The van der Waals surface area contributed by atoms with Gasteiger partial charge < -0.3 is 29.9 Å². The summed E-state index contributed by atoms with van der Waals surface area (Å²) in [6.45, 7) is 6.05. The predicted octanol–water partition coefficient (Wildman–Crippen LogP) is 4.72. The van der Waals surface area contributed by atoms with E-state index in [0.29, 0.717) is 5.56 Å². The molecule has 1 aliphatic rings. The lowest BCUT2D eigenvalue weighted by Gasteiger charge is -2.31. The van der Waals surface area contributed by atoms with Crippen molar-refractivity contribution in [3.63, 3.8) is 0 Å². The van der Waals surface area contributed by atoms with Crippen molar-refractivity contribution in [2.24, 2.45) is 0 Å². The highest BCUT2D eigenvalue weighted by Crippen LogP contribution is 2.45. The minimum absolute atomic E-state index is 0.0337. The number of aromatic hydroxyl groups is 3. The van der Waals surface area contributed by atoms with E-state index in [0.717, 1.165) is 18.4 Å². The summed E-state index contributed by atoms with van der Waals surface area (Å²) in [5, 5.41) is 42.0. The molecule has 7 nitrogen and oxygen atoms in total. The molecule has 0 aliphatic carbocycles. The molecule has 3 rings (SSSR count). The summed E-state index contributed by atoms with van der Waals surface area (Å²) in [4.78, 5) is 13.0. The molecule has 0 radical (unpaired) electrons. The third-order valence-corrected chi connectivity index (χ3v) is 5.68. The Labute approximate surface area is 193 Å². The van der Waals surface area contributed by atoms with Gasteiger partial charge in [0.05, 0.1) is 7.11 Å². The molecule has 7 heteroatoms. The fourth-order valence-electron chi connectivity index (χ4n) is 3.79. The van der Waals surface area contributed by atoms with Crippen molar-refractivity contribution in [1.82, 2.24) is 0 Å². The number of ketones is 1. The molecule has 176 valence electrons. The van der Waals surface area contributed by atoms with Gasteiger partial charge in [-0.05, 0) is 57.7 Å². The van der Waals surface area contributed by atoms with Crippen LogP contribution >= 0.6 is 0 Å². The van der Waals surface area contributed by atoms with E-state index in [-0.39, 0.29) is 40.5 Å². The van der Waals surface area contributed by atoms with Gasteiger partial charge in [-0.3, -0.25) is 4.79 Å². The monoisotopic (exact) mass is 454 g/mol. The van der Waals surface area contributed by atoms with E-state index in [1.54, 1.807) is 6.07 Å². The van der Waals surface area contributed by atoms with Gasteiger partial charge in [0, 0.05) is 11.6 Å². The lowest BCUT2D eigenvalue weighted by molar-refractivity contribution is 0.0209. The van der Waals surface area contributed by atoms with Crippen LogP contribution < -0.4 is 9.47 Å². The number of allylic oxidation sites excluding steroid dienone is 4. The summed E-state index contributed by atoms with van der Waals surface area (Å²) in [5.41, 5.74) is 2.71. The SMILES string of the molecule is COc1ccc([C@@H]2Oc3cc(O)c(C/C=C(\C)CCC=C(C)C)c(O)c3C(=O)[C@@H]2O)cc1O. The van der Waals surface area contributed by atoms with Gasteiger partial charge in [0.25, 0.3) is 0 Å². The molecule has 1 aliphatic heterocycles. The minimum atomic E-state index is -1.60. The van der Waals surface area contributed by atoms with E-state index in [1.165, 1.54) is 30.9 Å². The number of hydrogen-bond donors (Lipinski definition) is 4. The predicted molar refractivity (Wildman–Crippen MR) is 124 cm³/mol. The smallest absolute Gasteiger partial charge is 0.202 e. The van der Waals surface area contributed by atoms with Crippen molar-refractivity contribution in [3.05, 3.63) is 64.3 Å². The fraction of sp³-hybridized carbons (Fsp3) is 0.346. The van der Waals surface area contributed by atoms with Crippen LogP contribution in [0.2, 0.25) is 0 Å². The lowest BCUT2D eigenvalue weighted by atomic mass is 9.90. The molecule has 33 heavy (non-hydrogen) atoms. The maximum absolute atomic E-state index is 13.0. The highest BCUT2D eigenvalue weighted by Gasteiger charge is 2.40. The van der Waals surface area contributed by atoms with E-state index in [2.05, 4.69) is 6.08 Å². The quantitative estimate of drug-likeness (QED) is 0.447. The van der Waals surface area contributed by atoms with Gasteiger partial charge >= 0.3 is 0 Å².